The van der Waals surface area contributed by atoms with Gasteiger partial charge in [0.25, 0.3) is 0 Å². The van der Waals surface area contributed by atoms with Crippen LogP contribution < -0.4 is 5.32 Å². The van der Waals surface area contributed by atoms with Gasteiger partial charge in [-0.15, -0.1) is 0 Å². The number of nitrogens with one attached hydrogen (secondary N) is 1. The molecule has 0 spiro atoms. The Hall–Kier alpha value is -1.06. The number of piperazine rings is 1. The normalized spacial score (nSPS) is 17.6. The Kier molecular flexibility index (Phi) is 4.81. The molecule has 4 heteroatoms. The van der Waals surface area contributed by atoms with Gasteiger partial charge in [-0.05, 0) is 23.3 Å². The molecule has 0 aromatic heterocycles. The summed E-state index contributed by atoms with van der Waals surface area (Å²) in [6.45, 7) is 4.04. The highest BCUT2D eigenvalue weighted by molar-refractivity contribution is 6.35. The zero-order valence-electron chi connectivity index (χ0n) is 11.7. The molecule has 1 saturated heterocycles. The molecule has 0 amide bonds. The van der Waals surface area contributed by atoms with Crippen LogP contribution in [0, 0.1) is 0 Å². The molecule has 110 valence electrons. The number of hydrogen-bond donors (Lipinski definition) is 1. The molecule has 2 aromatic carbocycles. The molecule has 1 aliphatic rings. The molecule has 1 atom stereocenters. The van der Waals surface area contributed by atoms with Crippen LogP contribution in [-0.2, 0) is 0 Å². The summed E-state index contributed by atoms with van der Waals surface area (Å²) in [5.41, 5.74) is 2.39. The molecule has 21 heavy (non-hydrogen) atoms. The Bertz CT molecular complexity index is 595. The van der Waals surface area contributed by atoms with Crippen molar-refractivity contribution in [3.63, 3.8) is 0 Å². The van der Waals surface area contributed by atoms with Gasteiger partial charge < -0.3 is 5.32 Å². The predicted molar refractivity (Wildman–Crippen MR) is 89.2 cm³/mol. The molecule has 1 aliphatic heterocycles. The van der Waals surface area contributed by atoms with Gasteiger partial charge in [0.1, 0.15) is 0 Å². The Labute approximate surface area is 135 Å². The van der Waals surface area contributed by atoms with E-state index in [1.54, 1.807) is 0 Å². The van der Waals surface area contributed by atoms with Gasteiger partial charge in [-0.3, -0.25) is 4.90 Å². The summed E-state index contributed by atoms with van der Waals surface area (Å²) in [5, 5.41) is 4.81. The van der Waals surface area contributed by atoms with Crippen molar-refractivity contribution in [2.24, 2.45) is 0 Å². The van der Waals surface area contributed by atoms with E-state index in [4.69, 9.17) is 23.2 Å². The second kappa shape index (κ2) is 6.80. The minimum atomic E-state index is 0.179. The third-order valence-electron chi connectivity index (χ3n) is 3.89. The van der Waals surface area contributed by atoms with E-state index in [0.717, 1.165) is 36.8 Å². The van der Waals surface area contributed by atoms with Crippen molar-refractivity contribution < 1.29 is 0 Å². The van der Waals surface area contributed by atoms with E-state index in [9.17, 15) is 0 Å². The van der Waals surface area contributed by atoms with Crippen LogP contribution in [0.3, 0.4) is 0 Å². The van der Waals surface area contributed by atoms with Gasteiger partial charge in [-0.1, -0.05) is 59.6 Å². The van der Waals surface area contributed by atoms with Crippen LogP contribution in [0.25, 0.3) is 0 Å². The highest BCUT2D eigenvalue weighted by atomic mass is 35.5. The number of benzene rings is 2. The summed E-state index contributed by atoms with van der Waals surface area (Å²) >= 11 is 12.5. The maximum atomic E-state index is 6.47. The Morgan fingerprint density at radius 2 is 1.67 bits per heavy atom. The third-order valence-corrected chi connectivity index (χ3v) is 4.45. The molecule has 0 saturated carbocycles. The van der Waals surface area contributed by atoms with E-state index in [0.29, 0.717) is 5.02 Å². The van der Waals surface area contributed by atoms with E-state index in [1.807, 2.05) is 24.3 Å². The van der Waals surface area contributed by atoms with Gasteiger partial charge >= 0.3 is 0 Å². The lowest BCUT2D eigenvalue weighted by Gasteiger charge is -2.36. The standard InChI is InChI=1S/C17H18Cl2N2/c18-14-6-7-15(16(19)12-14)17(13-4-2-1-3-5-13)21-10-8-20-9-11-21/h1-7,12,17,20H,8-11H2/t17-/m0/s1. The zero-order chi connectivity index (χ0) is 14.7. The minimum Gasteiger partial charge on any atom is -0.314 e. The van der Waals surface area contributed by atoms with Crippen LogP contribution >= 0.6 is 23.2 Å². The van der Waals surface area contributed by atoms with Gasteiger partial charge in [0.05, 0.1) is 6.04 Å². The zero-order valence-corrected chi connectivity index (χ0v) is 13.2. The summed E-state index contributed by atoms with van der Waals surface area (Å²) in [4.78, 5) is 2.47. The Morgan fingerprint density at radius 1 is 0.952 bits per heavy atom. The van der Waals surface area contributed by atoms with Gasteiger partial charge in [0, 0.05) is 36.2 Å². The largest absolute Gasteiger partial charge is 0.314 e. The second-order valence-corrected chi connectivity index (χ2v) is 6.11. The first-order chi connectivity index (χ1) is 10.3. The maximum Gasteiger partial charge on any atom is 0.0617 e. The molecule has 0 unspecified atom stereocenters. The topological polar surface area (TPSA) is 15.3 Å². The van der Waals surface area contributed by atoms with Gasteiger partial charge in [0.2, 0.25) is 0 Å². The summed E-state index contributed by atoms with van der Waals surface area (Å²) in [7, 11) is 0. The fourth-order valence-corrected chi connectivity index (χ4v) is 3.40. The highest BCUT2D eigenvalue weighted by Gasteiger charge is 2.25. The number of rotatable bonds is 3. The maximum absolute atomic E-state index is 6.47. The van der Waals surface area contributed by atoms with E-state index in [2.05, 4.69) is 34.5 Å². The van der Waals surface area contributed by atoms with Crippen LogP contribution in [0.1, 0.15) is 17.2 Å². The van der Waals surface area contributed by atoms with Crippen molar-refractivity contribution in [2.75, 3.05) is 26.2 Å². The molecule has 0 aliphatic carbocycles. The molecular weight excluding hydrogens is 303 g/mol. The van der Waals surface area contributed by atoms with Crippen LogP contribution in [0.2, 0.25) is 10.0 Å². The van der Waals surface area contributed by atoms with Crippen molar-refractivity contribution in [1.29, 1.82) is 0 Å². The van der Waals surface area contributed by atoms with Crippen LogP contribution in [0.15, 0.2) is 48.5 Å². The molecule has 1 heterocycles. The Balaban J connectivity index is 2.02. The summed E-state index contributed by atoms with van der Waals surface area (Å²) < 4.78 is 0. The molecule has 1 fully saturated rings. The molecular formula is C17H18Cl2N2. The smallest absolute Gasteiger partial charge is 0.0617 e. The Morgan fingerprint density at radius 3 is 2.33 bits per heavy atom. The lowest BCUT2D eigenvalue weighted by Crippen LogP contribution is -2.45. The number of nitrogens with zero attached hydrogens (tertiary/aromatic N) is 1. The molecule has 2 nitrogen and oxygen atoms in total. The quantitative estimate of drug-likeness (QED) is 0.920. The lowest BCUT2D eigenvalue weighted by atomic mass is 9.96. The van der Waals surface area contributed by atoms with Gasteiger partial charge in [0.15, 0.2) is 0 Å². The number of halogens is 2. The van der Waals surface area contributed by atoms with E-state index in [1.165, 1.54) is 5.56 Å². The van der Waals surface area contributed by atoms with Gasteiger partial charge in [-0.25, -0.2) is 0 Å². The highest BCUT2D eigenvalue weighted by Crippen LogP contribution is 2.34. The molecule has 0 bridgehead atoms. The molecule has 1 N–H and O–H groups in total. The first-order valence-corrected chi connectivity index (χ1v) is 7.96. The summed E-state index contributed by atoms with van der Waals surface area (Å²) in [5.74, 6) is 0. The predicted octanol–water partition coefficient (Wildman–Crippen LogP) is 3.99. The van der Waals surface area contributed by atoms with Crippen molar-refractivity contribution in [3.05, 3.63) is 69.7 Å². The van der Waals surface area contributed by atoms with Crippen molar-refractivity contribution in [2.45, 2.75) is 6.04 Å². The van der Waals surface area contributed by atoms with Crippen LogP contribution in [0.5, 0.6) is 0 Å². The van der Waals surface area contributed by atoms with Crippen molar-refractivity contribution >= 4 is 23.2 Å². The summed E-state index contributed by atoms with van der Waals surface area (Å²) in [6.07, 6.45) is 0. The first kappa shape index (κ1) is 14.9. The molecule has 2 aromatic rings. The second-order valence-electron chi connectivity index (χ2n) is 5.27. The van der Waals surface area contributed by atoms with E-state index >= 15 is 0 Å². The third kappa shape index (κ3) is 3.41. The summed E-state index contributed by atoms with van der Waals surface area (Å²) in [6, 6.07) is 16.5. The lowest BCUT2D eigenvalue weighted by molar-refractivity contribution is 0.198. The van der Waals surface area contributed by atoms with Crippen molar-refractivity contribution in [1.82, 2.24) is 10.2 Å². The van der Waals surface area contributed by atoms with Crippen LogP contribution in [-0.4, -0.2) is 31.1 Å². The molecule has 3 rings (SSSR count). The monoisotopic (exact) mass is 320 g/mol. The van der Waals surface area contributed by atoms with Crippen molar-refractivity contribution in [3.8, 4) is 0 Å². The fourth-order valence-electron chi connectivity index (χ4n) is 2.89. The SMILES string of the molecule is Clc1ccc([C@H](c2ccccc2)N2CCNCC2)c(Cl)c1. The van der Waals surface area contributed by atoms with E-state index < -0.39 is 0 Å². The fraction of sp³-hybridized carbons (Fsp3) is 0.294. The first-order valence-electron chi connectivity index (χ1n) is 7.20. The molecule has 0 radical (unpaired) electrons. The number of hydrogen-bond acceptors (Lipinski definition) is 2. The minimum absolute atomic E-state index is 0.179. The average molecular weight is 321 g/mol. The average Bonchev–Trinajstić information content (AvgIpc) is 2.52. The van der Waals surface area contributed by atoms with Crippen LogP contribution in [0.4, 0.5) is 0 Å². The van der Waals surface area contributed by atoms with E-state index in [-0.39, 0.29) is 6.04 Å². The van der Waals surface area contributed by atoms with Gasteiger partial charge in [-0.2, -0.15) is 0 Å².